The second kappa shape index (κ2) is 7.03. The predicted octanol–water partition coefficient (Wildman–Crippen LogP) is 3.30. The number of hydrogen-bond acceptors (Lipinski definition) is 4. The molecule has 20 heavy (non-hydrogen) atoms. The minimum atomic E-state index is -0.00735. The summed E-state index contributed by atoms with van der Waals surface area (Å²) < 4.78 is 10.5. The lowest BCUT2D eigenvalue weighted by Gasteiger charge is -2.09. The maximum atomic E-state index is 11.9. The van der Waals surface area contributed by atoms with Crippen molar-refractivity contribution in [3.8, 4) is 11.5 Å². The zero-order valence-electron chi connectivity index (χ0n) is 11.9. The molecule has 0 fully saturated rings. The molecule has 2 rings (SSSR count). The van der Waals surface area contributed by atoms with Crippen LogP contribution in [0, 0.1) is 0 Å². The van der Waals surface area contributed by atoms with Crippen LogP contribution in [-0.2, 0) is 4.79 Å². The molecule has 0 spiro atoms. The fourth-order valence-corrected chi connectivity index (χ4v) is 2.17. The number of hydrogen-bond donors (Lipinski definition) is 2. The maximum absolute atomic E-state index is 11.9. The maximum Gasteiger partial charge on any atom is 0.231 e. The van der Waals surface area contributed by atoms with Gasteiger partial charge in [-0.05, 0) is 6.42 Å². The highest BCUT2D eigenvalue weighted by atomic mass is 16.7. The van der Waals surface area contributed by atoms with E-state index in [0.717, 1.165) is 12.8 Å². The van der Waals surface area contributed by atoms with E-state index >= 15 is 0 Å². The van der Waals surface area contributed by atoms with Crippen molar-refractivity contribution < 1.29 is 14.3 Å². The normalized spacial score (nSPS) is 12.4. The Morgan fingerprint density at radius 3 is 2.65 bits per heavy atom. The van der Waals surface area contributed by atoms with Crippen LogP contribution in [0.15, 0.2) is 12.1 Å². The Morgan fingerprint density at radius 1 is 1.20 bits per heavy atom. The van der Waals surface area contributed by atoms with Crippen molar-refractivity contribution in [1.29, 1.82) is 0 Å². The fourth-order valence-electron chi connectivity index (χ4n) is 2.17. The number of unbranched alkanes of at least 4 members (excludes halogenated alkanes) is 4. The summed E-state index contributed by atoms with van der Waals surface area (Å²) in [6.07, 6.45) is 6.17. The summed E-state index contributed by atoms with van der Waals surface area (Å²) in [7, 11) is 0. The Hall–Kier alpha value is -1.91. The zero-order chi connectivity index (χ0) is 14.4. The van der Waals surface area contributed by atoms with Gasteiger partial charge in [-0.25, -0.2) is 0 Å². The largest absolute Gasteiger partial charge is 0.454 e. The van der Waals surface area contributed by atoms with E-state index < -0.39 is 0 Å². The third kappa shape index (κ3) is 3.79. The molecule has 1 aromatic carbocycles. The van der Waals surface area contributed by atoms with Crippen molar-refractivity contribution in [3.05, 3.63) is 12.1 Å². The number of nitrogen functional groups attached to an aromatic ring is 1. The van der Waals surface area contributed by atoms with Crippen molar-refractivity contribution in [1.82, 2.24) is 0 Å². The molecule has 0 saturated heterocycles. The number of nitrogens with one attached hydrogen (secondary N) is 1. The molecule has 0 bridgehead atoms. The highest BCUT2D eigenvalue weighted by Gasteiger charge is 2.17. The average molecular weight is 278 g/mol. The summed E-state index contributed by atoms with van der Waals surface area (Å²) in [5, 5.41) is 2.83. The molecule has 0 aromatic heterocycles. The number of fused-ring (bicyclic) bond motifs is 1. The Labute approximate surface area is 119 Å². The SMILES string of the molecule is CCCCCCCC(=O)Nc1cc2c(cc1N)OCO2. The van der Waals surface area contributed by atoms with Crippen molar-refractivity contribution in [2.75, 3.05) is 17.8 Å². The van der Waals surface area contributed by atoms with Gasteiger partial charge >= 0.3 is 0 Å². The molecule has 3 N–H and O–H groups in total. The summed E-state index contributed by atoms with van der Waals surface area (Å²) >= 11 is 0. The van der Waals surface area contributed by atoms with Crippen LogP contribution in [0.4, 0.5) is 11.4 Å². The van der Waals surface area contributed by atoms with Crippen molar-refractivity contribution in [3.63, 3.8) is 0 Å². The van der Waals surface area contributed by atoms with E-state index in [-0.39, 0.29) is 12.7 Å². The van der Waals surface area contributed by atoms with E-state index in [2.05, 4.69) is 12.2 Å². The first kappa shape index (κ1) is 14.5. The molecule has 0 aliphatic carbocycles. The van der Waals surface area contributed by atoms with Gasteiger partial charge in [0.2, 0.25) is 12.7 Å². The van der Waals surface area contributed by atoms with E-state index in [1.807, 2.05) is 0 Å². The molecule has 1 amide bonds. The van der Waals surface area contributed by atoms with Crippen LogP contribution in [0.2, 0.25) is 0 Å². The van der Waals surface area contributed by atoms with Crippen LogP contribution in [-0.4, -0.2) is 12.7 Å². The average Bonchev–Trinajstić information content (AvgIpc) is 2.86. The molecule has 1 aliphatic heterocycles. The quantitative estimate of drug-likeness (QED) is 0.593. The van der Waals surface area contributed by atoms with Crippen LogP contribution >= 0.6 is 0 Å². The Morgan fingerprint density at radius 2 is 1.90 bits per heavy atom. The van der Waals surface area contributed by atoms with E-state index in [0.29, 0.717) is 29.3 Å². The Bertz CT molecular complexity index is 474. The van der Waals surface area contributed by atoms with E-state index in [1.165, 1.54) is 19.3 Å². The molecule has 5 heteroatoms. The highest BCUT2D eigenvalue weighted by molar-refractivity contribution is 5.94. The van der Waals surface area contributed by atoms with Crippen LogP contribution in [0.25, 0.3) is 0 Å². The van der Waals surface area contributed by atoms with Gasteiger partial charge in [0.1, 0.15) is 0 Å². The minimum absolute atomic E-state index is 0.00735. The number of carbonyl (C=O) groups is 1. The van der Waals surface area contributed by atoms with Gasteiger partial charge in [-0.15, -0.1) is 0 Å². The Kier molecular flexibility index (Phi) is 5.09. The molecule has 1 aromatic rings. The third-order valence-corrected chi connectivity index (χ3v) is 3.33. The molecule has 110 valence electrons. The lowest BCUT2D eigenvalue weighted by Crippen LogP contribution is -2.12. The van der Waals surface area contributed by atoms with E-state index in [1.54, 1.807) is 12.1 Å². The first-order valence-electron chi connectivity index (χ1n) is 7.19. The number of rotatable bonds is 7. The van der Waals surface area contributed by atoms with E-state index in [9.17, 15) is 4.79 Å². The van der Waals surface area contributed by atoms with E-state index in [4.69, 9.17) is 15.2 Å². The predicted molar refractivity (Wildman–Crippen MR) is 79.0 cm³/mol. The van der Waals surface area contributed by atoms with Gasteiger partial charge in [-0.2, -0.15) is 0 Å². The number of anilines is 2. The summed E-state index contributed by atoms with van der Waals surface area (Å²) in [4.78, 5) is 11.9. The van der Waals surface area contributed by atoms with Crippen LogP contribution in [0.3, 0.4) is 0 Å². The second-order valence-electron chi connectivity index (χ2n) is 5.01. The molecule has 0 unspecified atom stereocenters. The number of benzene rings is 1. The lowest BCUT2D eigenvalue weighted by atomic mass is 10.1. The van der Waals surface area contributed by atoms with Gasteiger partial charge < -0.3 is 20.5 Å². The summed E-state index contributed by atoms with van der Waals surface area (Å²) in [6.45, 7) is 2.37. The van der Waals surface area contributed by atoms with Crippen molar-refractivity contribution in [2.45, 2.75) is 45.4 Å². The first-order chi connectivity index (χ1) is 9.70. The van der Waals surface area contributed by atoms with Crippen LogP contribution in [0.1, 0.15) is 45.4 Å². The number of carbonyl (C=O) groups excluding carboxylic acids is 1. The van der Waals surface area contributed by atoms with Crippen LogP contribution < -0.4 is 20.5 Å². The zero-order valence-corrected chi connectivity index (χ0v) is 11.9. The van der Waals surface area contributed by atoms with Crippen LogP contribution in [0.5, 0.6) is 11.5 Å². The lowest BCUT2D eigenvalue weighted by molar-refractivity contribution is -0.116. The number of ether oxygens (including phenoxy) is 2. The molecule has 5 nitrogen and oxygen atoms in total. The topological polar surface area (TPSA) is 73.6 Å². The molecule has 0 saturated carbocycles. The minimum Gasteiger partial charge on any atom is -0.454 e. The molecule has 0 radical (unpaired) electrons. The van der Waals surface area contributed by atoms with Gasteiger partial charge in [0.25, 0.3) is 0 Å². The molecule has 1 aliphatic rings. The van der Waals surface area contributed by atoms with Gasteiger partial charge in [0.05, 0.1) is 11.4 Å². The highest BCUT2D eigenvalue weighted by Crippen LogP contribution is 2.38. The summed E-state index contributed by atoms with van der Waals surface area (Å²) in [6, 6.07) is 3.39. The molecule has 1 heterocycles. The standard InChI is InChI=1S/C15H22N2O3/c1-2-3-4-5-6-7-15(18)17-12-9-14-13(8-11(12)16)19-10-20-14/h8-9H,2-7,10,16H2,1H3,(H,17,18). The first-order valence-corrected chi connectivity index (χ1v) is 7.19. The summed E-state index contributed by atoms with van der Waals surface area (Å²) in [5.74, 6) is 1.24. The molecular formula is C15H22N2O3. The third-order valence-electron chi connectivity index (χ3n) is 3.33. The number of nitrogens with two attached hydrogens (primary N) is 1. The number of amides is 1. The van der Waals surface area contributed by atoms with Crippen molar-refractivity contribution in [2.24, 2.45) is 0 Å². The molecule has 0 atom stereocenters. The summed E-state index contributed by atoms with van der Waals surface area (Å²) in [5.41, 5.74) is 6.97. The van der Waals surface area contributed by atoms with Gasteiger partial charge in [0, 0.05) is 18.6 Å². The Balaban J connectivity index is 1.82. The smallest absolute Gasteiger partial charge is 0.231 e. The van der Waals surface area contributed by atoms with Crippen molar-refractivity contribution >= 4 is 17.3 Å². The molecular weight excluding hydrogens is 256 g/mol. The fraction of sp³-hybridized carbons (Fsp3) is 0.533. The monoisotopic (exact) mass is 278 g/mol. The van der Waals surface area contributed by atoms with Gasteiger partial charge in [0.15, 0.2) is 11.5 Å². The second-order valence-corrected chi connectivity index (χ2v) is 5.01. The van der Waals surface area contributed by atoms with Gasteiger partial charge in [-0.3, -0.25) is 4.79 Å². The van der Waals surface area contributed by atoms with Gasteiger partial charge in [-0.1, -0.05) is 32.6 Å².